The molecule has 178 valence electrons. The van der Waals surface area contributed by atoms with Crippen molar-refractivity contribution in [2.45, 2.75) is 44.1 Å². The molecule has 0 unspecified atom stereocenters. The molecular weight excluding hydrogens is 426 g/mol. The summed E-state index contributed by atoms with van der Waals surface area (Å²) < 4.78 is 5.45. The van der Waals surface area contributed by atoms with Gasteiger partial charge in [0.25, 0.3) is 0 Å². The number of amides is 2. The van der Waals surface area contributed by atoms with E-state index in [4.69, 9.17) is 4.74 Å². The first-order valence-corrected chi connectivity index (χ1v) is 12.7. The highest BCUT2D eigenvalue weighted by atomic mass is 16.5. The maximum atomic E-state index is 13.8. The van der Waals surface area contributed by atoms with Crippen LogP contribution < -0.4 is 10.2 Å². The van der Waals surface area contributed by atoms with Gasteiger partial charge in [0.2, 0.25) is 11.8 Å². The van der Waals surface area contributed by atoms with Gasteiger partial charge in [-0.3, -0.25) is 9.59 Å². The minimum Gasteiger partial charge on any atom is -0.378 e. The molecule has 2 amide bonds. The van der Waals surface area contributed by atoms with Gasteiger partial charge in [0, 0.05) is 37.4 Å². The minimum atomic E-state index is -0.730. The van der Waals surface area contributed by atoms with E-state index in [-0.39, 0.29) is 11.8 Å². The predicted molar refractivity (Wildman–Crippen MR) is 132 cm³/mol. The molecule has 2 aromatic rings. The van der Waals surface area contributed by atoms with Gasteiger partial charge in [-0.1, -0.05) is 24.3 Å². The highest BCUT2D eigenvalue weighted by Crippen LogP contribution is 2.47. The van der Waals surface area contributed by atoms with Crippen molar-refractivity contribution in [3.63, 3.8) is 0 Å². The van der Waals surface area contributed by atoms with Crippen LogP contribution in [-0.4, -0.2) is 55.1 Å². The molecule has 6 nitrogen and oxygen atoms in total. The van der Waals surface area contributed by atoms with Crippen molar-refractivity contribution in [1.29, 1.82) is 0 Å². The SMILES string of the molecule is O=C1CCN1[C@@]1(C(=O)Nc2ccc(N3CCOCC3)cc2)CC[C@@H]2Cc3ccccc3C[C@H]2C1. The molecule has 0 radical (unpaired) electrons. The Bertz CT molecular complexity index is 1080. The Morgan fingerprint density at radius 1 is 0.941 bits per heavy atom. The second-order valence-corrected chi connectivity index (χ2v) is 10.4. The van der Waals surface area contributed by atoms with Gasteiger partial charge in [-0.2, -0.15) is 0 Å². The molecule has 6 rings (SSSR count). The minimum absolute atomic E-state index is 0.0167. The number of β-lactam (4-membered cyclic amide) rings is 1. The van der Waals surface area contributed by atoms with Gasteiger partial charge in [0.15, 0.2) is 0 Å². The van der Waals surface area contributed by atoms with Crippen LogP contribution >= 0.6 is 0 Å². The molecule has 1 N–H and O–H groups in total. The fraction of sp³-hybridized carbons (Fsp3) is 0.500. The van der Waals surface area contributed by atoms with Gasteiger partial charge in [-0.05, 0) is 79.3 Å². The molecule has 4 aliphatic rings. The van der Waals surface area contributed by atoms with Crippen LogP contribution in [0.15, 0.2) is 48.5 Å². The molecule has 0 spiro atoms. The summed E-state index contributed by atoms with van der Waals surface area (Å²) in [4.78, 5) is 30.6. The standard InChI is InChI=1S/C28H33N3O3/c32-26-10-12-31(26)28(11-9-22-17-20-3-1-2-4-21(20)18-23(22)19-28)27(33)29-24-5-7-25(8-6-24)30-13-15-34-16-14-30/h1-8,22-23H,9-19H2,(H,29,33)/t22-,23+,28+/m1/s1. The molecule has 2 aliphatic heterocycles. The molecule has 2 aromatic carbocycles. The zero-order valence-electron chi connectivity index (χ0n) is 19.7. The van der Waals surface area contributed by atoms with Crippen LogP contribution in [0.2, 0.25) is 0 Å². The van der Waals surface area contributed by atoms with Crippen molar-refractivity contribution in [2.75, 3.05) is 43.1 Å². The largest absolute Gasteiger partial charge is 0.378 e. The number of hydrogen-bond donors (Lipinski definition) is 1. The Hall–Kier alpha value is -2.86. The summed E-state index contributed by atoms with van der Waals surface area (Å²) in [7, 11) is 0. The van der Waals surface area contributed by atoms with Gasteiger partial charge in [-0.25, -0.2) is 0 Å². The highest BCUT2D eigenvalue weighted by molar-refractivity contribution is 6.01. The first-order valence-electron chi connectivity index (χ1n) is 12.7. The van der Waals surface area contributed by atoms with E-state index >= 15 is 0 Å². The van der Waals surface area contributed by atoms with Crippen molar-refractivity contribution < 1.29 is 14.3 Å². The van der Waals surface area contributed by atoms with Crippen LogP contribution in [0.3, 0.4) is 0 Å². The number of carbonyl (C=O) groups is 2. The number of nitrogens with one attached hydrogen (secondary N) is 1. The third-order valence-corrected chi connectivity index (χ3v) is 8.57. The lowest BCUT2D eigenvalue weighted by Gasteiger charge is -2.53. The summed E-state index contributed by atoms with van der Waals surface area (Å²) in [6, 6.07) is 16.8. The molecule has 0 bridgehead atoms. The summed E-state index contributed by atoms with van der Waals surface area (Å²) in [6.45, 7) is 3.96. The van der Waals surface area contributed by atoms with E-state index in [0.717, 1.165) is 69.8 Å². The highest BCUT2D eigenvalue weighted by Gasteiger charge is 2.54. The normalized spacial score (nSPS) is 28.5. The maximum Gasteiger partial charge on any atom is 0.250 e. The quantitative estimate of drug-likeness (QED) is 0.709. The smallest absolute Gasteiger partial charge is 0.250 e. The molecule has 6 heteroatoms. The fourth-order valence-electron chi connectivity index (χ4n) is 6.56. The van der Waals surface area contributed by atoms with E-state index in [2.05, 4.69) is 46.6 Å². The molecule has 2 heterocycles. The second kappa shape index (κ2) is 8.73. The van der Waals surface area contributed by atoms with Crippen LogP contribution in [0.5, 0.6) is 0 Å². The lowest BCUT2D eigenvalue weighted by atomic mass is 9.62. The third-order valence-electron chi connectivity index (χ3n) is 8.57. The van der Waals surface area contributed by atoms with Crippen LogP contribution in [0.1, 0.15) is 36.8 Å². The van der Waals surface area contributed by atoms with Crippen LogP contribution in [0.4, 0.5) is 11.4 Å². The van der Waals surface area contributed by atoms with Gasteiger partial charge < -0.3 is 19.9 Å². The van der Waals surface area contributed by atoms with E-state index in [1.54, 1.807) is 0 Å². The van der Waals surface area contributed by atoms with E-state index < -0.39 is 5.54 Å². The summed E-state index contributed by atoms with van der Waals surface area (Å²) in [5, 5.41) is 3.19. The Morgan fingerprint density at radius 3 is 2.29 bits per heavy atom. The zero-order valence-corrected chi connectivity index (χ0v) is 19.7. The molecular formula is C28H33N3O3. The number of hydrogen-bond acceptors (Lipinski definition) is 4. The number of likely N-dealkylation sites (tertiary alicyclic amines) is 1. The van der Waals surface area contributed by atoms with Crippen LogP contribution in [-0.2, 0) is 27.2 Å². The average Bonchev–Trinajstić information content (AvgIpc) is 2.87. The number of fused-ring (bicyclic) bond motifs is 2. The summed E-state index contributed by atoms with van der Waals surface area (Å²) in [5.74, 6) is 1.14. The number of nitrogens with zero attached hydrogens (tertiary/aromatic N) is 2. The molecule has 0 aromatic heterocycles. The number of carbonyl (C=O) groups excluding carboxylic acids is 2. The van der Waals surface area contributed by atoms with Crippen molar-refractivity contribution in [3.05, 3.63) is 59.7 Å². The lowest BCUT2D eigenvalue weighted by Crippen LogP contribution is -2.66. The third kappa shape index (κ3) is 3.78. The molecule has 2 saturated heterocycles. The van der Waals surface area contributed by atoms with Gasteiger partial charge in [0.1, 0.15) is 5.54 Å². The Labute approximate surface area is 201 Å². The summed E-state index contributed by atoms with van der Waals surface area (Å²) in [5.41, 5.74) is 4.08. The molecule has 3 fully saturated rings. The fourth-order valence-corrected chi connectivity index (χ4v) is 6.56. The predicted octanol–water partition coefficient (Wildman–Crippen LogP) is 3.65. The van der Waals surface area contributed by atoms with Crippen LogP contribution in [0, 0.1) is 11.8 Å². The second-order valence-electron chi connectivity index (χ2n) is 10.4. The monoisotopic (exact) mass is 459 g/mol. The van der Waals surface area contributed by atoms with Gasteiger partial charge >= 0.3 is 0 Å². The molecule has 3 atom stereocenters. The number of benzene rings is 2. The van der Waals surface area contributed by atoms with Crippen LogP contribution in [0.25, 0.3) is 0 Å². The van der Waals surface area contributed by atoms with E-state index in [1.807, 2.05) is 17.0 Å². The first kappa shape index (κ1) is 21.7. The molecule has 1 saturated carbocycles. The summed E-state index contributed by atoms with van der Waals surface area (Å²) >= 11 is 0. The molecule has 34 heavy (non-hydrogen) atoms. The van der Waals surface area contributed by atoms with E-state index in [9.17, 15) is 9.59 Å². The van der Waals surface area contributed by atoms with Crippen molar-refractivity contribution in [2.24, 2.45) is 11.8 Å². The van der Waals surface area contributed by atoms with Gasteiger partial charge in [0.05, 0.1) is 13.2 Å². The Balaban J connectivity index is 1.21. The lowest BCUT2D eigenvalue weighted by molar-refractivity contribution is -0.159. The summed E-state index contributed by atoms with van der Waals surface area (Å²) in [6.07, 6.45) is 5.16. The van der Waals surface area contributed by atoms with E-state index in [1.165, 1.54) is 11.1 Å². The van der Waals surface area contributed by atoms with Gasteiger partial charge in [-0.15, -0.1) is 0 Å². The maximum absolute atomic E-state index is 13.8. The molecule has 2 aliphatic carbocycles. The van der Waals surface area contributed by atoms with E-state index in [0.29, 0.717) is 24.8 Å². The zero-order chi connectivity index (χ0) is 23.1. The Kier molecular flexibility index (Phi) is 5.56. The Morgan fingerprint density at radius 2 is 1.65 bits per heavy atom. The first-order chi connectivity index (χ1) is 16.6. The topological polar surface area (TPSA) is 61.9 Å². The number of morpholine rings is 1. The van der Waals surface area contributed by atoms with Crippen molar-refractivity contribution in [3.8, 4) is 0 Å². The number of ether oxygens (including phenoxy) is 1. The van der Waals surface area contributed by atoms with Crippen molar-refractivity contribution in [1.82, 2.24) is 4.90 Å². The average molecular weight is 460 g/mol. The number of rotatable bonds is 4. The van der Waals surface area contributed by atoms with Crippen molar-refractivity contribution >= 4 is 23.2 Å². The number of anilines is 2.